The highest BCUT2D eigenvalue weighted by molar-refractivity contribution is 9.26. The lowest BCUT2D eigenvalue weighted by molar-refractivity contribution is 0.171. The maximum atomic E-state index is 10.3. The van der Waals surface area contributed by atoms with Gasteiger partial charge in [-0.15, -0.1) is 0 Å². The molecule has 0 aromatic carbocycles. The smallest absolute Gasteiger partial charge is 0.121 e. The van der Waals surface area contributed by atoms with Crippen LogP contribution in [0.3, 0.4) is 0 Å². The summed E-state index contributed by atoms with van der Waals surface area (Å²) in [6.07, 6.45) is 3.17. The molecule has 0 aliphatic heterocycles. The van der Waals surface area contributed by atoms with Crippen molar-refractivity contribution in [2.24, 2.45) is 5.41 Å². The number of aliphatic hydroxyl groups is 1. The number of rotatable bonds is 1. The van der Waals surface area contributed by atoms with Crippen molar-refractivity contribution in [1.29, 1.82) is 0 Å². The molecule has 1 fully saturated rings. The summed E-state index contributed by atoms with van der Waals surface area (Å²) in [4.78, 5) is 0.188. The summed E-state index contributed by atoms with van der Waals surface area (Å²) in [6, 6.07) is 0. The number of methoxy groups -OCH3 is 1. The van der Waals surface area contributed by atoms with Crippen LogP contribution in [0, 0.1) is 5.41 Å². The topological polar surface area (TPSA) is 29.5 Å². The van der Waals surface area contributed by atoms with E-state index in [2.05, 4.69) is 85.7 Å². The van der Waals surface area contributed by atoms with Gasteiger partial charge in [-0.25, -0.2) is 0 Å². The lowest BCUT2D eigenvalue weighted by Crippen LogP contribution is -2.51. The molecule has 0 unspecified atom stereocenters. The van der Waals surface area contributed by atoms with E-state index >= 15 is 0 Å². The molecule has 4 atom stereocenters. The fraction of sp³-hybridized carbons (Fsp3) is 0.667. The molecule has 0 aromatic heterocycles. The van der Waals surface area contributed by atoms with Crippen molar-refractivity contribution < 1.29 is 9.84 Å². The molecule has 1 N–H and O–H groups in total. The predicted molar refractivity (Wildman–Crippen MR) is 93.7 cm³/mol. The average molecular weight is 587 g/mol. The number of halogens is 5. The first-order valence-electron chi connectivity index (χ1n) is 5.77. The molecule has 2 nitrogen and oxygen atoms in total. The lowest BCUT2D eigenvalue weighted by Gasteiger charge is -2.47. The van der Waals surface area contributed by atoms with Gasteiger partial charge in [-0.1, -0.05) is 79.6 Å². The van der Waals surface area contributed by atoms with Crippen LogP contribution in [0.2, 0.25) is 0 Å². The first kappa shape index (κ1) is 15.5. The second kappa shape index (κ2) is 4.57. The van der Waals surface area contributed by atoms with Crippen molar-refractivity contribution in [3.63, 3.8) is 0 Å². The highest BCUT2D eigenvalue weighted by Crippen LogP contribution is 2.76. The van der Waals surface area contributed by atoms with E-state index in [0.717, 1.165) is 22.2 Å². The third-order valence-corrected chi connectivity index (χ3v) is 12.4. The van der Waals surface area contributed by atoms with Crippen LogP contribution in [0.25, 0.3) is 0 Å². The van der Waals surface area contributed by atoms with Crippen LogP contribution in [-0.2, 0) is 4.74 Å². The second-order valence-corrected chi connectivity index (χ2v) is 11.9. The largest absolute Gasteiger partial charge is 0.499 e. The zero-order valence-electron chi connectivity index (χ0n) is 9.89. The number of fused-ring (bicyclic) bond motifs is 1. The minimum absolute atomic E-state index is 0.176. The summed E-state index contributed by atoms with van der Waals surface area (Å²) in [5.41, 5.74) is 0.938. The van der Waals surface area contributed by atoms with Gasteiger partial charge in [0.25, 0.3) is 0 Å². The zero-order valence-corrected chi connectivity index (χ0v) is 17.8. The third kappa shape index (κ3) is 1.61. The molecule has 1 spiro atoms. The molecule has 0 aromatic rings. The minimum atomic E-state index is -0.466. The first-order chi connectivity index (χ1) is 8.72. The molecule has 2 bridgehead atoms. The van der Waals surface area contributed by atoms with E-state index in [1.807, 2.05) is 0 Å². The van der Waals surface area contributed by atoms with Gasteiger partial charge in [-0.05, 0) is 24.5 Å². The van der Waals surface area contributed by atoms with E-state index in [0.29, 0.717) is 6.42 Å². The maximum Gasteiger partial charge on any atom is 0.121 e. The van der Waals surface area contributed by atoms with Crippen LogP contribution in [0.5, 0.6) is 0 Å². The van der Waals surface area contributed by atoms with Gasteiger partial charge in [0.15, 0.2) is 0 Å². The SMILES string of the molecule is COC1=CC2=C(Br)[C@H](O)C[C@]23C[C@H](Br)[C@@]1(Br)C3(Br)Br. The molecule has 0 heterocycles. The highest BCUT2D eigenvalue weighted by Gasteiger charge is 2.75. The molecular formula is C12H11Br5O2. The normalized spacial score (nSPS) is 47.2. The molecule has 3 rings (SSSR count). The summed E-state index contributed by atoms with van der Waals surface area (Å²) >= 11 is 18.9. The fourth-order valence-electron chi connectivity index (χ4n) is 3.51. The molecule has 3 aliphatic rings. The van der Waals surface area contributed by atoms with Crippen molar-refractivity contribution in [2.75, 3.05) is 7.11 Å². The van der Waals surface area contributed by atoms with E-state index in [9.17, 15) is 5.11 Å². The van der Waals surface area contributed by atoms with Crippen LogP contribution < -0.4 is 0 Å². The van der Waals surface area contributed by atoms with Crippen LogP contribution in [0.1, 0.15) is 12.8 Å². The van der Waals surface area contributed by atoms with Crippen LogP contribution in [0.15, 0.2) is 21.9 Å². The zero-order chi connectivity index (χ0) is 14.2. The van der Waals surface area contributed by atoms with E-state index in [-0.39, 0.29) is 10.2 Å². The van der Waals surface area contributed by atoms with Crippen LogP contribution in [-0.4, -0.2) is 30.7 Å². The molecule has 3 aliphatic carbocycles. The monoisotopic (exact) mass is 582 g/mol. The number of hydrogen-bond acceptors (Lipinski definition) is 2. The van der Waals surface area contributed by atoms with Gasteiger partial charge < -0.3 is 9.84 Å². The fourth-order valence-corrected chi connectivity index (χ4v) is 8.74. The van der Waals surface area contributed by atoms with E-state index < -0.39 is 13.7 Å². The summed E-state index contributed by atoms with van der Waals surface area (Å²) < 4.78 is 5.66. The summed E-state index contributed by atoms with van der Waals surface area (Å²) in [6.45, 7) is 0. The Kier molecular flexibility index (Phi) is 3.74. The van der Waals surface area contributed by atoms with E-state index in [4.69, 9.17) is 4.74 Å². The molecule has 106 valence electrons. The van der Waals surface area contributed by atoms with Gasteiger partial charge in [0.2, 0.25) is 0 Å². The predicted octanol–water partition coefficient (Wildman–Crippen LogP) is 4.72. The molecule has 0 saturated heterocycles. The Morgan fingerprint density at radius 3 is 2.53 bits per heavy atom. The van der Waals surface area contributed by atoms with Gasteiger partial charge in [0.05, 0.1) is 13.2 Å². The van der Waals surface area contributed by atoms with Gasteiger partial charge in [-0.3, -0.25) is 0 Å². The molecule has 1 saturated carbocycles. The average Bonchev–Trinajstić information content (AvgIpc) is 2.60. The Balaban J connectivity index is 2.32. The van der Waals surface area contributed by atoms with Crippen molar-refractivity contribution in [2.45, 2.75) is 31.3 Å². The Morgan fingerprint density at radius 2 is 1.95 bits per heavy atom. The number of aliphatic hydroxyl groups excluding tert-OH is 1. The third-order valence-electron chi connectivity index (χ3n) is 4.48. The number of alkyl halides is 4. The van der Waals surface area contributed by atoms with Crippen LogP contribution in [0.4, 0.5) is 0 Å². The van der Waals surface area contributed by atoms with Crippen molar-refractivity contribution in [3.05, 3.63) is 21.9 Å². The maximum absolute atomic E-state index is 10.3. The Morgan fingerprint density at radius 1 is 1.32 bits per heavy atom. The quantitative estimate of drug-likeness (QED) is 0.451. The minimum Gasteiger partial charge on any atom is -0.499 e. The number of ether oxygens (including phenoxy) is 1. The summed E-state index contributed by atoms with van der Waals surface area (Å²) in [5.74, 6) is 0.845. The molecule has 7 heteroatoms. The standard InChI is InChI=1S/C12H11Br5O2/c1-19-8-2-5-9(14)6(18)3-10(5)4-7(13)11(8,15)12(10,16)17/h2,6-7,18H,3-4H2,1H3/t6-,7+,10+,11+/m1/s1. The number of hydrogen-bond donors (Lipinski definition) is 1. The van der Waals surface area contributed by atoms with Crippen molar-refractivity contribution in [3.8, 4) is 0 Å². The lowest BCUT2D eigenvalue weighted by atomic mass is 9.75. The van der Waals surface area contributed by atoms with Gasteiger partial charge in [-0.2, -0.15) is 0 Å². The number of allylic oxidation sites excluding steroid dienone is 3. The Bertz CT molecular complexity index is 514. The van der Waals surface area contributed by atoms with Gasteiger partial charge >= 0.3 is 0 Å². The van der Waals surface area contributed by atoms with Gasteiger partial charge in [0, 0.05) is 14.7 Å². The van der Waals surface area contributed by atoms with Gasteiger partial charge in [0.1, 0.15) is 13.3 Å². The summed E-state index contributed by atoms with van der Waals surface area (Å²) in [5, 5.41) is 10.3. The molecule has 0 amide bonds. The van der Waals surface area contributed by atoms with Crippen molar-refractivity contribution in [1.82, 2.24) is 0 Å². The molecule has 19 heavy (non-hydrogen) atoms. The molecular weight excluding hydrogens is 576 g/mol. The van der Waals surface area contributed by atoms with Crippen molar-refractivity contribution >= 4 is 79.6 Å². The second-order valence-electron chi connectivity index (χ2n) is 5.23. The van der Waals surface area contributed by atoms with Crippen LogP contribution >= 0.6 is 79.6 Å². The Labute approximate surface area is 154 Å². The van der Waals surface area contributed by atoms with E-state index in [1.165, 1.54) is 0 Å². The first-order valence-corrected chi connectivity index (χ1v) is 9.86. The molecule has 0 radical (unpaired) electrons. The summed E-state index contributed by atoms with van der Waals surface area (Å²) in [7, 11) is 1.68. The Hall–Kier alpha value is 1.64. The van der Waals surface area contributed by atoms with E-state index in [1.54, 1.807) is 7.11 Å². The highest BCUT2D eigenvalue weighted by atomic mass is 79.9.